The highest BCUT2D eigenvalue weighted by Gasteiger charge is 2.22. The van der Waals surface area contributed by atoms with Crippen molar-refractivity contribution < 1.29 is 19.4 Å². The lowest BCUT2D eigenvalue weighted by Gasteiger charge is -2.22. The molecule has 1 aromatic heterocycles. The number of carbonyl (C=O) groups excluding carboxylic acids is 1. The lowest BCUT2D eigenvalue weighted by Crippen LogP contribution is -2.34. The van der Waals surface area contributed by atoms with Gasteiger partial charge in [0.1, 0.15) is 0 Å². The number of rotatable bonds is 7. The number of halogens is 1. The Kier molecular flexibility index (Phi) is 5.99. The van der Waals surface area contributed by atoms with Gasteiger partial charge in [-0.05, 0) is 6.92 Å². The third-order valence-corrected chi connectivity index (χ3v) is 3.80. The van der Waals surface area contributed by atoms with E-state index in [1.165, 1.54) is 7.11 Å². The summed E-state index contributed by atoms with van der Waals surface area (Å²) >= 11 is 6.91. The summed E-state index contributed by atoms with van der Waals surface area (Å²) in [5.74, 6) is -0.526. The van der Waals surface area contributed by atoms with E-state index in [4.69, 9.17) is 16.3 Å². The summed E-state index contributed by atoms with van der Waals surface area (Å²) in [6, 6.07) is 0. The Morgan fingerprint density at radius 2 is 2.26 bits per heavy atom. The molecule has 19 heavy (non-hydrogen) atoms. The Balaban J connectivity index is 2.61. The van der Waals surface area contributed by atoms with Crippen LogP contribution >= 0.6 is 22.9 Å². The van der Waals surface area contributed by atoms with Crippen molar-refractivity contribution in [3.05, 3.63) is 10.0 Å². The molecule has 0 aliphatic carbocycles. The second-order valence-corrected chi connectivity index (χ2v) is 5.58. The number of thiazole rings is 1. The molecule has 108 valence electrons. The molecule has 1 aromatic rings. The van der Waals surface area contributed by atoms with Gasteiger partial charge >= 0.3 is 5.97 Å². The van der Waals surface area contributed by atoms with Crippen molar-refractivity contribution in [3.8, 4) is 0 Å². The third-order valence-electron chi connectivity index (χ3n) is 2.42. The highest BCUT2D eigenvalue weighted by atomic mass is 35.5. The number of anilines is 1. The van der Waals surface area contributed by atoms with Crippen LogP contribution in [0.5, 0.6) is 0 Å². The number of nitrogens with one attached hydrogen (secondary N) is 1. The SMILES string of the molecule is COCCC(C)(O)CNc1nc(Cl)c(C(=O)OC)s1. The summed E-state index contributed by atoms with van der Waals surface area (Å²) in [5.41, 5.74) is -0.931. The maximum Gasteiger partial charge on any atom is 0.351 e. The van der Waals surface area contributed by atoms with Crippen LogP contribution in [0, 0.1) is 0 Å². The summed E-state index contributed by atoms with van der Waals surface area (Å²) in [5, 5.41) is 13.5. The van der Waals surface area contributed by atoms with Crippen LogP contribution in [0.4, 0.5) is 5.13 Å². The first-order valence-corrected chi connectivity index (χ1v) is 6.79. The lowest BCUT2D eigenvalue weighted by atomic mass is 10.0. The summed E-state index contributed by atoms with van der Waals surface area (Å²) in [6.07, 6.45) is 0.486. The Labute approximate surface area is 120 Å². The van der Waals surface area contributed by atoms with E-state index in [0.717, 1.165) is 11.3 Å². The highest BCUT2D eigenvalue weighted by molar-refractivity contribution is 7.18. The first-order chi connectivity index (χ1) is 8.89. The van der Waals surface area contributed by atoms with E-state index < -0.39 is 11.6 Å². The molecule has 0 saturated heterocycles. The van der Waals surface area contributed by atoms with Crippen molar-refractivity contribution in [2.24, 2.45) is 0 Å². The summed E-state index contributed by atoms with van der Waals surface area (Å²) < 4.78 is 9.50. The molecule has 0 aliphatic heterocycles. The summed E-state index contributed by atoms with van der Waals surface area (Å²) in [6.45, 7) is 2.43. The van der Waals surface area contributed by atoms with Crippen molar-refractivity contribution in [1.29, 1.82) is 0 Å². The molecule has 6 nitrogen and oxygen atoms in total. The van der Waals surface area contributed by atoms with Gasteiger partial charge in [0.25, 0.3) is 0 Å². The fourth-order valence-corrected chi connectivity index (χ4v) is 2.37. The van der Waals surface area contributed by atoms with Crippen LogP contribution in [0.15, 0.2) is 0 Å². The number of aromatic nitrogens is 1. The maximum atomic E-state index is 11.4. The lowest BCUT2D eigenvalue weighted by molar-refractivity contribution is 0.0357. The van der Waals surface area contributed by atoms with Gasteiger partial charge in [-0.3, -0.25) is 0 Å². The minimum atomic E-state index is -0.931. The molecule has 0 aliphatic rings. The zero-order chi connectivity index (χ0) is 14.5. The van der Waals surface area contributed by atoms with Crippen LogP contribution < -0.4 is 5.32 Å². The molecule has 1 rings (SSSR count). The largest absolute Gasteiger partial charge is 0.465 e. The Morgan fingerprint density at radius 1 is 1.58 bits per heavy atom. The highest BCUT2D eigenvalue weighted by Crippen LogP contribution is 2.28. The van der Waals surface area contributed by atoms with E-state index >= 15 is 0 Å². The van der Waals surface area contributed by atoms with Gasteiger partial charge in [-0.2, -0.15) is 0 Å². The summed E-state index contributed by atoms with van der Waals surface area (Å²) in [7, 11) is 2.85. The Hall–Kier alpha value is -0.890. The van der Waals surface area contributed by atoms with Crippen LogP contribution in [-0.2, 0) is 9.47 Å². The van der Waals surface area contributed by atoms with E-state index in [1.54, 1.807) is 14.0 Å². The fourth-order valence-electron chi connectivity index (χ4n) is 1.27. The van der Waals surface area contributed by atoms with Crippen LogP contribution in [0.25, 0.3) is 0 Å². The fraction of sp³-hybridized carbons (Fsp3) is 0.636. The van der Waals surface area contributed by atoms with Crippen molar-refractivity contribution >= 4 is 34.0 Å². The molecule has 8 heteroatoms. The predicted molar refractivity (Wildman–Crippen MR) is 74.1 cm³/mol. The number of methoxy groups -OCH3 is 2. The molecule has 0 saturated carbocycles. The molecule has 0 radical (unpaired) electrons. The maximum absolute atomic E-state index is 11.4. The monoisotopic (exact) mass is 308 g/mol. The molecule has 0 bridgehead atoms. The minimum absolute atomic E-state index is 0.0934. The van der Waals surface area contributed by atoms with Gasteiger partial charge in [0, 0.05) is 26.7 Å². The summed E-state index contributed by atoms with van der Waals surface area (Å²) in [4.78, 5) is 15.6. The van der Waals surface area contributed by atoms with Crippen LogP contribution in [0.2, 0.25) is 5.15 Å². The zero-order valence-corrected chi connectivity index (χ0v) is 12.6. The average molecular weight is 309 g/mol. The minimum Gasteiger partial charge on any atom is -0.465 e. The number of esters is 1. The molecule has 2 N–H and O–H groups in total. The zero-order valence-electron chi connectivity index (χ0n) is 11.0. The molecule has 0 fully saturated rings. The topological polar surface area (TPSA) is 80.7 Å². The smallest absolute Gasteiger partial charge is 0.351 e. The number of hydrogen-bond acceptors (Lipinski definition) is 7. The van der Waals surface area contributed by atoms with Gasteiger partial charge in [0.2, 0.25) is 0 Å². The van der Waals surface area contributed by atoms with Gasteiger partial charge in [-0.1, -0.05) is 22.9 Å². The van der Waals surface area contributed by atoms with Gasteiger partial charge in [-0.25, -0.2) is 9.78 Å². The molecular weight excluding hydrogens is 292 g/mol. The molecule has 1 atom stereocenters. The van der Waals surface area contributed by atoms with Crippen LogP contribution in [-0.4, -0.2) is 49.0 Å². The van der Waals surface area contributed by atoms with Crippen LogP contribution in [0.1, 0.15) is 23.0 Å². The van der Waals surface area contributed by atoms with E-state index in [-0.39, 0.29) is 16.6 Å². The van der Waals surface area contributed by atoms with E-state index in [9.17, 15) is 9.90 Å². The van der Waals surface area contributed by atoms with Crippen molar-refractivity contribution in [2.75, 3.05) is 32.7 Å². The van der Waals surface area contributed by atoms with Gasteiger partial charge in [0.15, 0.2) is 15.2 Å². The van der Waals surface area contributed by atoms with Crippen LogP contribution in [0.3, 0.4) is 0 Å². The third kappa shape index (κ3) is 4.94. The Morgan fingerprint density at radius 3 is 2.84 bits per heavy atom. The molecular formula is C11H17ClN2O4S. The van der Waals surface area contributed by atoms with Gasteiger partial charge < -0.3 is 19.9 Å². The van der Waals surface area contributed by atoms with E-state index in [1.807, 2.05) is 0 Å². The first-order valence-electron chi connectivity index (χ1n) is 5.59. The second-order valence-electron chi connectivity index (χ2n) is 4.22. The normalized spacial score (nSPS) is 13.9. The van der Waals surface area contributed by atoms with Crippen molar-refractivity contribution in [1.82, 2.24) is 4.98 Å². The predicted octanol–water partition coefficient (Wildman–Crippen LogP) is 1.78. The van der Waals surface area contributed by atoms with Gasteiger partial charge in [0.05, 0.1) is 12.7 Å². The van der Waals surface area contributed by atoms with Crippen molar-refractivity contribution in [3.63, 3.8) is 0 Å². The number of aliphatic hydroxyl groups is 1. The van der Waals surface area contributed by atoms with Crippen molar-refractivity contribution in [2.45, 2.75) is 18.9 Å². The number of carbonyl (C=O) groups is 1. The molecule has 0 spiro atoms. The first kappa shape index (κ1) is 16.2. The van der Waals surface area contributed by atoms with E-state index in [2.05, 4.69) is 15.0 Å². The quantitative estimate of drug-likeness (QED) is 0.747. The second kappa shape index (κ2) is 7.04. The number of ether oxygens (including phenoxy) is 2. The van der Waals surface area contributed by atoms with Gasteiger partial charge in [-0.15, -0.1) is 0 Å². The Bertz CT molecular complexity index is 436. The molecule has 0 aromatic carbocycles. The van der Waals surface area contributed by atoms with E-state index in [0.29, 0.717) is 18.2 Å². The average Bonchev–Trinajstić information content (AvgIpc) is 2.75. The molecule has 0 amide bonds. The number of nitrogens with zero attached hydrogens (tertiary/aromatic N) is 1. The molecule has 1 heterocycles. The number of hydrogen-bond donors (Lipinski definition) is 2. The standard InChI is InChI=1S/C11H17ClN2O4S/c1-11(16,4-5-17-2)6-13-10-14-8(12)7(19-10)9(15)18-3/h16H,4-6H2,1-3H3,(H,13,14). The molecule has 1 unspecified atom stereocenters.